The molecule has 5 heteroatoms. The van der Waals surface area contributed by atoms with Crippen LogP contribution in [0.25, 0.3) is 0 Å². The Labute approximate surface area is 88.6 Å². The Hall–Kier alpha value is -1.49. The third kappa shape index (κ3) is 1.83. The molecule has 5 nitrogen and oxygen atoms in total. The van der Waals surface area contributed by atoms with Crippen molar-refractivity contribution in [3.63, 3.8) is 0 Å². The molecule has 0 aromatic rings. The second kappa shape index (κ2) is 3.58. The fraction of sp³-hybridized carbons (Fsp3) is 0.500. The average molecular weight is 206 g/mol. The van der Waals surface area contributed by atoms with Crippen LogP contribution in [0.2, 0.25) is 0 Å². The molecule has 2 heterocycles. The Balaban J connectivity index is 2.26. The third-order valence-electron chi connectivity index (χ3n) is 2.24. The van der Waals surface area contributed by atoms with E-state index in [4.69, 9.17) is 0 Å². The lowest BCUT2D eigenvalue weighted by atomic mass is 10.1. The maximum absolute atomic E-state index is 11.5. The summed E-state index contributed by atoms with van der Waals surface area (Å²) >= 11 is 0. The highest BCUT2D eigenvalue weighted by Gasteiger charge is 2.30. The summed E-state index contributed by atoms with van der Waals surface area (Å²) in [4.78, 5) is 22.1. The maximum Gasteiger partial charge on any atom is 0.273 e. The van der Waals surface area contributed by atoms with Crippen LogP contribution in [0.5, 0.6) is 0 Å². The first-order chi connectivity index (χ1) is 7.08. The number of carbonyl (C=O) groups excluding carboxylic acids is 1. The van der Waals surface area contributed by atoms with E-state index in [-0.39, 0.29) is 12.1 Å². The molecule has 2 aliphatic rings. The number of likely N-dealkylation sites (N-methyl/N-ethyl adjacent to an activating group) is 1. The number of hydrogen-bond acceptors (Lipinski definition) is 4. The highest BCUT2D eigenvalue weighted by molar-refractivity contribution is 6.71. The zero-order valence-electron chi connectivity index (χ0n) is 9.11. The third-order valence-corrected chi connectivity index (χ3v) is 2.24. The molecule has 0 spiro atoms. The van der Waals surface area contributed by atoms with Crippen LogP contribution in [0.4, 0.5) is 0 Å². The molecule has 1 amide bonds. The molecule has 2 rings (SSSR count). The van der Waals surface area contributed by atoms with Crippen molar-refractivity contribution < 1.29 is 4.79 Å². The summed E-state index contributed by atoms with van der Waals surface area (Å²) in [6.45, 7) is 2.61. The number of hydrogen-bond donors (Lipinski definition) is 1. The van der Waals surface area contributed by atoms with Crippen LogP contribution < -0.4 is 5.32 Å². The van der Waals surface area contributed by atoms with E-state index in [1.54, 1.807) is 6.20 Å². The molecule has 1 N–H and O–H groups in total. The van der Waals surface area contributed by atoms with Gasteiger partial charge in [-0.1, -0.05) is 0 Å². The predicted octanol–water partition coefficient (Wildman–Crippen LogP) is -0.197. The molecule has 0 aromatic heterocycles. The SMILES string of the molecule is CC1N=C2C(CN(C)C)=CN=C2C(=O)N1. The van der Waals surface area contributed by atoms with Gasteiger partial charge in [0.25, 0.3) is 5.91 Å². The van der Waals surface area contributed by atoms with Crippen LogP contribution in [0, 0.1) is 0 Å². The number of aliphatic imine (C=N–C) groups is 2. The molecule has 0 saturated heterocycles. The summed E-state index contributed by atoms with van der Waals surface area (Å²) in [7, 11) is 3.96. The minimum absolute atomic E-state index is 0.127. The number of carbonyl (C=O) groups is 1. The Bertz CT molecular complexity index is 392. The van der Waals surface area contributed by atoms with Gasteiger partial charge in [0.15, 0.2) is 5.71 Å². The van der Waals surface area contributed by atoms with Crippen molar-refractivity contribution in [2.45, 2.75) is 13.1 Å². The summed E-state index contributed by atoms with van der Waals surface area (Å²) < 4.78 is 0. The Kier molecular flexibility index (Phi) is 2.40. The van der Waals surface area contributed by atoms with Crippen LogP contribution in [0.15, 0.2) is 21.8 Å². The van der Waals surface area contributed by atoms with E-state index < -0.39 is 0 Å². The predicted molar refractivity (Wildman–Crippen MR) is 59.1 cm³/mol. The second-order valence-corrected chi connectivity index (χ2v) is 4.00. The molecule has 0 radical (unpaired) electrons. The van der Waals surface area contributed by atoms with Crippen LogP contribution in [-0.2, 0) is 4.79 Å². The summed E-state index contributed by atoms with van der Waals surface area (Å²) in [5, 5.41) is 2.72. The first kappa shape index (κ1) is 10.0. The van der Waals surface area contributed by atoms with Crippen LogP contribution in [0.3, 0.4) is 0 Å². The highest BCUT2D eigenvalue weighted by Crippen LogP contribution is 2.14. The van der Waals surface area contributed by atoms with Crippen molar-refractivity contribution in [3.05, 3.63) is 11.8 Å². The fourth-order valence-electron chi connectivity index (χ4n) is 1.67. The van der Waals surface area contributed by atoms with Gasteiger partial charge in [0.2, 0.25) is 0 Å². The summed E-state index contributed by atoms with van der Waals surface area (Å²) in [6, 6.07) is 0. The minimum Gasteiger partial charge on any atom is -0.329 e. The molecule has 1 unspecified atom stereocenters. The molecule has 0 aliphatic carbocycles. The minimum atomic E-state index is -0.157. The number of nitrogens with one attached hydrogen (secondary N) is 1. The molecule has 2 aliphatic heterocycles. The maximum atomic E-state index is 11.5. The van der Waals surface area contributed by atoms with E-state index in [1.807, 2.05) is 25.9 Å². The largest absolute Gasteiger partial charge is 0.329 e. The highest BCUT2D eigenvalue weighted by atomic mass is 16.2. The lowest BCUT2D eigenvalue weighted by Gasteiger charge is -2.19. The van der Waals surface area contributed by atoms with Crippen molar-refractivity contribution >= 4 is 17.3 Å². The molecule has 80 valence electrons. The van der Waals surface area contributed by atoms with Crippen molar-refractivity contribution in [1.82, 2.24) is 10.2 Å². The van der Waals surface area contributed by atoms with Gasteiger partial charge in [0.05, 0.1) is 5.71 Å². The standard InChI is InChI=1S/C10H14N4O/c1-6-12-8-7(5-14(2)3)4-11-9(8)10(15)13-6/h4,6H,5H2,1-3H3,(H,13,15). The van der Waals surface area contributed by atoms with Gasteiger partial charge in [-0.2, -0.15) is 0 Å². The van der Waals surface area contributed by atoms with Crippen molar-refractivity contribution in [1.29, 1.82) is 0 Å². The van der Waals surface area contributed by atoms with Gasteiger partial charge in [-0.15, -0.1) is 0 Å². The van der Waals surface area contributed by atoms with E-state index in [9.17, 15) is 4.79 Å². The van der Waals surface area contributed by atoms with Crippen LogP contribution in [-0.4, -0.2) is 49.0 Å². The zero-order chi connectivity index (χ0) is 11.0. The average Bonchev–Trinajstić information content (AvgIpc) is 2.48. The Morgan fingerprint density at radius 1 is 1.47 bits per heavy atom. The first-order valence-corrected chi connectivity index (χ1v) is 4.89. The summed E-state index contributed by atoms with van der Waals surface area (Å²) in [6.07, 6.45) is 1.57. The van der Waals surface area contributed by atoms with Crippen LogP contribution in [0.1, 0.15) is 6.92 Å². The lowest BCUT2D eigenvalue weighted by Crippen LogP contribution is -2.45. The Morgan fingerprint density at radius 3 is 2.87 bits per heavy atom. The number of amides is 1. The van der Waals surface area contributed by atoms with Gasteiger partial charge in [-0.3, -0.25) is 9.79 Å². The molecular weight excluding hydrogens is 192 g/mol. The van der Waals surface area contributed by atoms with Crippen molar-refractivity contribution in [2.24, 2.45) is 9.98 Å². The number of fused-ring (bicyclic) bond motifs is 1. The van der Waals surface area contributed by atoms with E-state index >= 15 is 0 Å². The Morgan fingerprint density at radius 2 is 2.20 bits per heavy atom. The molecule has 0 bridgehead atoms. The fourth-order valence-corrected chi connectivity index (χ4v) is 1.67. The van der Waals surface area contributed by atoms with Gasteiger partial charge < -0.3 is 10.2 Å². The topological polar surface area (TPSA) is 57.1 Å². The monoisotopic (exact) mass is 206 g/mol. The van der Waals surface area contributed by atoms with Crippen LogP contribution >= 0.6 is 0 Å². The van der Waals surface area contributed by atoms with Gasteiger partial charge in [0, 0.05) is 18.3 Å². The van der Waals surface area contributed by atoms with E-state index in [0.29, 0.717) is 5.71 Å². The molecule has 0 aromatic carbocycles. The summed E-state index contributed by atoms with van der Waals surface area (Å²) in [5.41, 5.74) is 2.21. The molecule has 15 heavy (non-hydrogen) atoms. The van der Waals surface area contributed by atoms with Gasteiger partial charge >= 0.3 is 0 Å². The zero-order valence-corrected chi connectivity index (χ0v) is 9.11. The number of rotatable bonds is 2. The smallest absolute Gasteiger partial charge is 0.273 e. The molecular formula is C10H14N4O. The quantitative estimate of drug-likeness (QED) is 0.680. The van der Waals surface area contributed by atoms with Gasteiger partial charge in [0.1, 0.15) is 6.17 Å². The molecule has 1 atom stereocenters. The van der Waals surface area contributed by atoms with E-state index in [0.717, 1.165) is 17.8 Å². The molecule has 0 fully saturated rings. The van der Waals surface area contributed by atoms with E-state index in [1.165, 1.54) is 0 Å². The normalized spacial score (nSPS) is 24.4. The lowest BCUT2D eigenvalue weighted by molar-refractivity contribution is -0.115. The van der Waals surface area contributed by atoms with Crippen molar-refractivity contribution in [2.75, 3.05) is 20.6 Å². The van der Waals surface area contributed by atoms with Gasteiger partial charge in [-0.05, 0) is 21.0 Å². The second-order valence-electron chi connectivity index (χ2n) is 4.00. The molecule has 0 saturated carbocycles. The summed E-state index contributed by atoms with van der Waals surface area (Å²) in [5.74, 6) is -0.127. The number of nitrogens with zero attached hydrogens (tertiary/aromatic N) is 3. The van der Waals surface area contributed by atoms with Gasteiger partial charge in [-0.25, -0.2) is 4.99 Å². The first-order valence-electron chi connectivity index (χ1n) is 4.89. The van der Waals surface area contributed by atoms with E-state index in [2.05, 4.69) is 15.3 Å². The van der Waals surface area contributed by atoms with Crippen molar-refractivity contribution in [3.8, 4) is 0 Å².